The molecule has 0 radical (unpaired) electrons. The standard InChI is InChI=1S/C26H34N2O3S/c1-20-14-15-22(18-21(20)2)19-31-17-16-27-25(23-10-6-4-7-11-23)26(28-32(3,29)30)24-12-8-5-9-13-24/h4-13,15,25-28H,14,16-19H2,1-3H3. The molecule has 2 N–H and O–H groups in total. The van der Waals surface area contributed by atoms with E-state index in [0.717, 1.165) is 24.0 Å². The topological polar surface area (TPSA) is 67.4 Å². The van der Waals surface area contributed by atoms with Crippen molar-refractivity contribution < 1.29 is 13.2 Å². The van der Waals surface area contributed by atoms with Gasteiger partial charge in [0.15, 0.2) is 0 Å². The summed E-state index contributed by atoms with van der Waals surface area (Å²) in [7, 11) is -3.42. The van der Waals surface area contributed by atoms with E-state index in [1.54, 1.807) is 0 Å². The molecule has 0 aliphatic heterocycles. The maximum atomic E-state index is 12.2. The molecule has 5 nitrogen and oxygen atoms in total. The van der Waals surface area contributed by atoms with Gasteiger partial charge in [0.1, 0.15) is 0 Å². The van der Waals surface area contributed by atoms with E-state index in [-0.39, 0.29) is 6.04 Å². The molecule has 3 rings (SSSR count). The fraction of sp³-hybridized carbons (Fsp3) is 0.385. The van der Waals surface area contributed by atoms with Crippen molar-refractivity contribution in [3.8, 4) is 0 Å². The fourth-order valence-electron chi connectivity index (χ4n) is 3.94. The molecular formula is C26H34N2O3S. The molecule has 0 fully saturated rings. The maximum Gasteiger partial charge on any atom is 0.209 e. The van der Waals surface area contributed by atoms with Gasteiger partial charge >= 0.3 is 0 Å². The van der Waals surface area contributed by atoms with Crippen LogP contribution in [0.5, 0.6) is 0 Å². The molecule has 0 saturated carbocycles. The zero-order valence-corrected chi connectivity index (χ0v) is 20.0. The predicted molar refractivity (Wildman–Crippen MR) is 131 cm³/mol. The van der Waals surface area contributed by atoms with Crippen molar-refractivity contribution >= 4 is 10.0 Å². The second kappa shape index (κ2) is 11.6. The predicted octanol–water partition coefficient (Wildman–Crippen LogP) is 4.68. The van der Waals surface area contributed by atoms with Gasteiger partial charge in [-0.3, -0.25) is 0 Å². The minimum Gasteiger partial charge on any atom is -0.376 e. The molecule has 2 atom stereocenters. The van der Waals surface area contributed by atoms with Gasteiger partial charge in [-0.05, 0) is 43.4 Å². The van der Waals surface area contributed by atoms with Gasteiger partial charge < -0.3 is 10.1 Å². The lowest BCUT2D eigenvalue weighted by atomic mass is 9.94. The van der Waals surface area contributed by atoms with Crippen LogP contribution in [-0.2, 0) is 14.8 Å². The smallest absolute Gasteiger partial charge is 0.209 e. The molecule has 32 heavy (non-hydrogen) atoms. The molecule has 0 spiro atoms. The van der Waals surface area contributed by atoms with Gasteiger partial charge in [-0.2, -0.15) is 0 Å². The van der Waals surface area contributed by atoms with Crippen LogP contribution in [0.1, 0.15) is 49.9 Å². The van der Waals surface area contributed by atoms with Crippen molar-refractivity contribution in [3.63, 3.8) is 0 Å². The van der Waals surface area contributed by atoms with E-state index < -0.39 is 16.1 Å². The summed E-state index contributed by atoms with van der Waals surface area (Å²) in [6.45, 7) is 6.15. The Hall–Kier alpha value is -2.25. The van der Waals surface area contributed by atoms with Gasteiger partial charge in [0, 0.05) is 6.54 Å². The SMILES string of the molecule is CC1=C(C)CC(COCCNC(c2ccccc2)C(NS(C)(=O)=O)c2ccccc2)=CC1. The van der Waals surface area contributed by atoms with Crippen molar-refractivity contribution in [2.24, 2.45) is 0 Å². The number of sulfonamides is 1. The highest BCUT2D eigenvalue weighted by Gasteiger charge is 2.27. The van der Waals surface area contributed by atoms with Crippen LogP contribution in [0.4, 0.5) is 0 Å². The fourth-order valence-corrected chi connectivity index (χ4v) is 4.68. The Kier molecular flexibility index (Phi) is 8.82. The van der Waals surface area contributed by atoms with Crippen molar-refractivity contribution in [1.82, 2.24) is 10.0 Å². The first-order valence-electron chi connectivity index (χ1n) is 11.0. The van der Waals surface area contributed by atoms with Gasteiger partial charge in [0.25, 0.3) is 0 Å². The van der Waals surface area contributed by atoms with Crippen LogP contribution >= 0.6 is 0 Å². The number of rotatable bonds is 11. The Bertz CT molecular complexity index is 1030. The van der Waals surface area contributed by atoms with Crippen LogP contribution < -0.4 is 10.0 Å². The first kappa shape index (κ1) is 24.4. The molecule has 0 heterocycles. The van der Waals surface area contributed by atoms with Crippen LogP contribution in [0.15, 0.2) is 83.5 Å². The Morgan fingerprint density at radius 3 is 2.06 bits per heavy atom. The lowest BCUT2D eigenvalue weighted by molar-refractivity contribution is 0.152. The van der Waals surface area contributed by atoms with E-state index in [0.29, 0.717) is 19.8 Å². The number of benzene rings is 2. The zero-order chi connectivity index (χ0) is 23.0. The largest absolute Gasteiger partial charge is 0.376 e. The molecule has 1 aliphatic carbocycles. The number of ether oxygens (including phenoxy) is 1. The van der Waals surface area contributed by atoms with Crippen LogP contribution in [-0.4, -0.2) is 34.4 Å². The van der Waals surface area contributed by atoms with E-state index in [1.807, 2.05) is 60.7 Å². The van der Waals surface area contributed by atoms with Crippen LogP contribution in [0.3, 0.4) is 0 Å². The molecule has 2 aromatic carbocycles. The molecule has 1 aliphatic rings. The molecule has 172 valence electrons. The summed E-state index contributed by atoms with van der Waals surface area (Å²) in [5.41, 5.74) is 6.14. The Morgan fingerprint density at radius 1 is 0.906 bits per heavy atom. The second-order valence-corrected chi connectivity index (χ2v) is 10.3. The van der Waals surface area contributed by atoms with Crippen LogP contribution in [0.25, 0.3) is 0 Å². The van der Waals surface area contributed by atoms with Gasteiger partial charge in [-0.15, -0.1) is 0 Å². The molecule has 0 aromatic heterocycles. The number of hydrogen-bond donors (Lipinski definition) is 2. The van der Waals surface area contributed by atoms with Gasteiger partial charge in [0.05, 0.1) is 31.6 Å². The maximum absolute atomic E-state index is 12.2. The van der Waals surface area contributed by atoms with Crippen molar-refractivity contribution in [1.29, 1.82) is 0 Å². The molecule has 0 bridgehead atoms. The highest BCUT2D eigenvalue weighted by molar-refractivity contribution is 7.88. The summed E-state index contributed by atoms with van der Waals surface area (Å²) in [4.78, 5) is 0. The van der Waals surface area contributed by atoms with E-state index in [9.17, 15) is 8.42 Å². The van der Waals surface area contributed by atoms with Crippen molar-refractivity contribution in [2.75, 3.05) is 26.0 Å². The number of allylic oxidation sites excluding steroid dienone is 3. The lowest BCUT2D eigenvalue weighted by Gasteiger charge is -2.29. The third kappa shape index (κ3) is 7.41. The highest BCUT2D eigenvalue weighted by atomic mass is 32.2. The number of nitrogens with one attached hydrogen (secondary N) is 2. The second-order valence-electron chi connectivity index (χ2n) is 8.48. The first-order valence-corrected chi connectivity index (χ1v) is 12.9. The zero-order valence-electron chi connectivity index (χ0n) is 19.2. The van der Waals surface area contributed by atoms with E-state index in [1.165, 1.54) is 23.0 Å². The monoisotopic (exact) mass is 454 g/mol. The minimum absolute atomic E-state index is 0.237. The van der Waals surface area contributed by atoms with Crippen molar-refractivity contribution in [2.45, 2.75) is 38.8 Å². The highest BCUT2D eigenvalue weighted by Crippen LogP contribution is 2.29. The Morgan fingerprint density at radius 2 is 1.50 bits per heavy atom. The summed E-state index contributed by atoms with van der Waals surface area (Å²) >= 11 is 0. The number of hydrogen-bond acceptors (Lipinski definition) is 4. The third-order valence-electron chi connectivity index (χ3n) is 5.81. The van der Waals surface area contributed by atoms with Gasteiger partial charge in [-0.25, -0.2) is 13.1 Å². The van der Waals surface area contributed by atoms with Gasteiger partial charge in [-0.1, -0.05) is 77.9 Å². The molecule has 2 aromatic rings. The summed E-state index contributed by atoms with van der Waals surface area (Å²) in [5.74, 6) is 0. The molecule has 6 heteroatoms. The normalized spacial score (nSPS) is 16.5. The first-order chi connectivity index (χ1) is 15.3. The average Bonchev–Trinajstić information content (AvgIpc) is 2.78. The Balaban J connectivity index is 1.67. The summed E-state index contributed by atoms with van der Waals surface area (Å²) in [5, 5.41) is 3.53. The lowest BCUT2D eigenvalue weighted by Crippen LogP contribution is -2.39. The van der Waals surface area contributed by atoms with Crippen LogP contribution in [0, 0.1) is 0 Å². The molecule has 2 unspecified atom stereocenters. The Labute approximate surface area is 192 Å². The quantitative estimate of drug-likeness (QED) is 0.382. The van der Waals surface area contributed by atoms with Gasteiger partial charge in [0.2, 0.25) is 10.0 Å². The van der Waals surface area contributed by atoms with E-state index in [2.05, 4.69) is 30.0 Å². The minimum atomic E-state index is -3.42. The van der Waals surface area contributed by atoms with Crippen LogP contribution in [0.2, 0.25) is 0 Å². The molecule has 0 saturated heterocycles. The third-order valence-corrected chi connectivity index (χ3v) is 6.49. The summed E-state index contributed by atoms with van der Waals surface area (Å²) in [6, 6.07) is 18.9. The van der Waals surface area contributed by atoms with E-state index >= 15 is 0 Å². The molecule has 0 amide bonds. The average molecular weight is 455 g/mol. The van der Waals surface area contributed by atoms with Crippen molar-refractivity contribution in [3.05, 3.63) is 94.6 Å². The summed E-state index contributed by atoms with van der Waals surface area (Å²) in [6.07, 6.45) is 5.46. The van der Waals surface area contributed by atoms with E-state index in [4.69, 9.17) is 4.74 Å². The molecular weight excluding hydrogens is 420 g/mol. The summed E-state index contributed by atoms with van der Waals surface area (Å²) < 4.78 is 33.1.